The van der Waals surface area contributed by atoms with Crippen molar-refractivity contribution < 1.29 is 9.53 Å². The number of hydrogen-bond donors (Lipinski definition) is 0. The van der Waals surface area contributed by atoms with E-state index in [1.54, 1.807) is 7.11 Å². The van der Waals surface area contributed by atoms with Crippen molar-refractivity contribution in [2.75, 3.05) is 7.11 Å². The lowest BCUT2D eigenvalue weighted by Crippen LogP contribution is -2.40. The van der Waals surface area contributed by atoms with Crippen LogP contribution in [0.5, 0.6) is 5.75 Å². The van der Waals surface area contributed by atoms with Gasteiger partial charge in [0, 0.05) is 5.41 Å². The number of benzene rings is 1. The number of carbonyl (C=O) groups excluding carboxylic acids is 1. The van der Waals surface area contributed by atoms with Gasteiger partial charge in [-0.05, 0) is 54.0 Å². The Morgan fingerprint density at radius 3 is 2.43 bits per heavy atom. The van der Waals surface area contributed by atoms with Gasteiger partial charge in [0.25, 0.3) is 0 Å². The minimum atomic E-state index is -0.217. The first-order valence-corrected chi connectivity index (χ1v) is 7.79. The molecule has 2 heteroatoms. The lowest BCUT2D eigenvalue weighted by Gasteiger charge is -2.39. The van der Waals surface area contributed by atoms with E-state index in [2.05, 4.69) is 33.8 Å². The van der Waals surface area contributed by atoms with Gasteiger partial charge in [0.2, 0.25) is 0 Å². The lowest BCUT2D eigenvalue weighted by molar-refractivity contribution is -0.129. The Morgan fingerprint density at radius 2 is 1.90 bits per heavy atom. The van der Waals surface area contributed by atoms with Crippen LogP contribution in [0.15, 0.2) is 29.8 Å². The lowest BCUT2D eigenvalue weighted by atomic mass is 9.63. The van der Waals surface area contributed by atoms with Crippen LogP contribution in [0.2, 0.25) is 0 Å². The number of carbonyl (C=O) groups is 1. The Bertz CT molecular complexity index is 539. The molecule has 1 aliphatic rings. The second-order valence-electron chi connectivity index (χ2n) is 6.71. The predicted octanol–water partition coefficient (Wildman–Crippen LogP) is 4.74. The van der Waals surface area contributed by atoms with Gasteiger partial charge in [0.05, 0.1) is 7.11 Å². The monoisotopic (exact) mass is 286 g/mol. The summed E-state index contributed by atoms with van der Waals surface area (Å²) in [7, 11) is 1.66. The van der Waals surface area contributed by atoms with Crippen molar-refractivity contribution in [3.8, 4) is 5.75 Å². The van der Waals surface area contributed by atoms with E-state index < -0.39 is 0 Å². The molecule has 114 valence electrons. The van der Waals surface area contributed by atoms with Gasteiger partial charge < -0.3 is 4.74 Å². The van der Waals surface area contributed by atoms with E-state index >= 15 is 0 Å². The fraction of sp³-hybridized carbons (Fsp3) is 0.526. The molecular formula is C19H26O2. The number of rotatable bonds is 3. The van der Waals surface area contributed by atoms with Crippen molar-refractivity contribution in [2.45, 2.75) is 40.5 Å². The summed E-state index contributed by atoms with van der Waals surface area (Å²) in [5.41, 5.74) is 1.83. The highest BCUT2D eigenvalue weighted by Gasteiger charge is 2.42. The van der Waals surface area contributed by atoms with Crippen LogP contribution in [-0.4, -0.2) is 12.9 Å². The highest BCUT2D eigenvalue weighted by molar-refractivity contribution is 6.04. The van der Waals surface area contributed by atoms with Gasteiger partial charge in [0.15, 0.2) is 5.78 Å². The van der Waals surface area contributed by atoms with Crippen LogP contribution >= 0.6 is 0 Å². The van der Waals surface area contributed by atoms with Crippen LogP contribution in [0.1, 0.15) is 46.1 Å². The smallest absolute Gasteiger partial charge is 0.165 e. The standard InChI is InChI=1S/C19H26O2/c1-13(2)19(4)11-10-14(3)17(18(19)20)12-15-6-8-16(21-5)9-7-15/h6-9,12-14H,10-11H2,1-5H3/b17-12+/t14-,19+/m0/s1. The van der Waals surface area contributed by atoms with Crippen LogP contribution < -0.4 is 4.74 Å². The highest BCUT2D eigenvalue weighted by Crippen LogP contribution is 2.44. The maximum absolute atomic E-state index is 12.9. The van der Waals surface area contributed by atoms with Crippen molar-refractivity contribution in [2.24, 2.45) is 17.3 Å². The fourth-order valence-corrected chi connectivity index (χ4v) is 2.98. The minimum Gasteiger partial charge on any atom is -0.497 e. The molecule has 0 N–H and O–H groups in total. The van der Waals surface area contributed by atoms with Gasteiger partial charge in [0.1, 0.15) is 5.75 Å². The highest BCUT2D eigenvalue weighted by atomic mass is 16.5. The van der Waals surface area contributed by atoms with Crippen LogP contribution in [-0.2, 0) is 4.79 Å². The Labute approximate surface area is 128 Å². The minimum absolute atomic E-state index is 0.217. The maximum atomic E-state index is 12.9. The molecule has 0 heterocycles. The van der Waals surface area contributed by atoms with Gasteiger partial charge in [-0.15, -0.1) is 0 Å². The van der Waals surface area contributed by atoms with Gasteiger partial charge in [-0.3, -0.25) is 4.79 Å². The molecule has 21 heavy (non-hydrogen) atoms. The number of methoxy groups -OCH3 is 1. The van der Waals surface area contributed by atoms with E-state index in [1.165, 1.54) is 0 Å². The second-order valence-corrected chi connectivity index (χ2v) is 6.71. The summed E-state index contributed by atoms with van der Waals surface area (Å²) < 4.78 is 5.18. The summed E-state index contributed by atoms with van der Waals surface area (Å²) in [4.78, 5) is 12.9. The van der Waals surface area contributed by atoms with E-state index in [-0.39, 0.29) is 5.41 Å². The number of allylic oxidation sites excluding steroid dienone is 1. The van der Waals surface area contributed by atoms with E-state index in [1.807, 2.05) is 24.3 Å². The summed E-state index contributed by atoms with van der Waals surface area (Å²) in [6.07, 6.45) is 4.14. The maximum Gasteiger partial charge on any atom is 0.165 e. The molecule has 0 bridgehead atoms. The van der Waals surface area contributed by atoms with Crippen molar-refractivity contribution in [3.63, 3.8) is 0 Å². The molecule has 1 aromatic rings. The van der Waals surface area contributed by atoms with Crippen molar-refractivity contribution >= 4 is 11.9 Å². The molecule has 1 aliphatic carbocycles. The van der Waals surface area contributed by atoms with Crippen molar-refractivity contribution in [1.29, 1.82) is 0 Å². The number of hydrogen-bond acceptors (Lipinski definition) is 2. The first-order valence-electron chi connectivity index (χ1n) is 7.79. The van der Waals surface area contributed by atoms with Gasteiger partial charge in [-0.25, -0.2) is 0 Å². The van der Waals surface area contributed by atoms with E-state index in [4.69, 9.17) is 4.74 Å². The zero-order valence-corrected chi connectivity index (χ0v) is 13.8. The topological polar surface area (TPSA) is 26.3 Å². The summed E-state index contributed by atoms with van der Waals surface area (Å²) in [5, 5.41) is 0. The van der Waals surface area contributed by atoms with E-state index in [0.29, 0.717) is 17.6 Å². The summed E-state index contributed by atoms with van der Waals surface area (Å²) in [6.45, 7) is 8.58. The fourth-order valence-electron chi connectivity index (χ4n) is 2.98. The number of ketones is 1. The quantitative estimate of drug-likeness (QED) is 0.750. The first kappa shape index (κ1) is 15.8. The molecule has 0 spiro atoms. The third-order valence-electron chi connectivity index (χ3n) is 5.12. The molecule has 0 radical (unpaired) electrons. The molecule has 1 fully saturated rings. The zero-order valence-electron chi connectivity index (χ0n) is 13.8. The zero-order chi connectivity index (χ0) is 15.6. The van der Waals surface area contributed by atoms with Gasteiger partial charge in [-0.2, -0.15) is 0 Å². The molecule has 2 atom stereocenters. The molecule has 0 aromatic heterocycles. The molecule has 0 amide bonds. The molecule has 1 saturated carbocycles. The summed E-state index contributed by atoms with van der Waals surface area (Å²) >= 11 is 0. The van der Waals surface area contributed by atoms with E-state index in [9.17, 15) is 4.79 Å². The van der Waals surface area contributed by atoms with E-state index in [0.717, 1.165) is 29.7 Å². The number of ether oxygens (including phenoxy) is 1. The summed E-state index contributed by atoms with van der Waals surface area (Å²) in [5.74, 6) is 1.88. The average molecular weight is 286 g/mol. The van der Waals surface area contributed by atoms with Crippen molar-refractivity contribution in [1.82, 2.24) is 0 Å². The molecule has 0 saturated heterocycles. The molecular weight excluding hydrogens is 260 g/mol. The van der Waals surface area contributed by atoms with Crippen LogP contribution in [0.3, 0.4) is 0 Å². The van der Waals surface area contributed by atoms with Crippen LogP contribution in [0.4, 0.5) is 0 Å². The molecule has 2 rings (SSSR count). The first-order chi connectivity index (χ1) is 9.88. The molecule has 1 aromatic carbocycles. The molecule has 0 aliphatic heterocycles. The van der Waals surface area contributed by atoms with Crippen LogP contribution in [0, 0.1) is 17.3 Å². The third kappa shape index (κ3) is 3.04. The Hall–Kier alpha value is -1.57. The third-order valence-corrected chi connectivity index (χ3v) is 5.12. The SMILES string of the molecule is COc1ccc(/C=C2/C(=O)[C@@](C)(C(C)C)CC[C@@H]2C)cc1. The van der Waals surface area contributed by atoms with Gasteiger partial charge in [-0.1, -0.05) is 39.8 Å². The van der Waals surface area contributed by atoms with Crippen molar-refractivity contribution in [3.05, 3.63) is 35.4 Å². The summed E-state index contributed by atoms with van der Waals surface area (Å²) in [6, 6.07) is 7.89. The average Bonchev–Trinajstić information content (AvgIpc) is 2.48. The molecule has 0 unspecified atom stereocenters. The predicted molar refractivity (Wildman–Crippen MR) is 87.3 cm³/mol. The number of Topliss-reactive ketones (excluding diaryl/α,β-unsaturated/α-hetero) is 1. The second kappa shape index (κ2) is 6.05. The van der Waals surface area contributed by atoms with Gasteiger partial charge >= 0.3 is 0 Å². The molecule has 2 nitrogen and oxygen atoms in total. The Balaban J connectivity index is 2.34. The largest absolute Gasteiger partial charge is 0.497 e. The Kier molecular flexibility index (Phi) is 4.55. The van der Waals surface area contributed by atoms with Crippen LogP contribution in [0.25, 0.3) is 6.08 Å². The normalized spacial score (nSPS) is 28.2. The Morgan fingerprint density at radius 1 is 1.29 bits per heavy atom.